The average Bonchev–Trinajstić information content (AvgIpc) is 2.73. The lowest BCUT2D eigenvalue weighted by Crippen LogP contribution is -2.49. The van der Waals surface area contributed by atoms with Gasteiger partial charge >= 0.3 is 0 Å². The highest BCUT2D eigenvalue weighted by Crippen LogP contribution is 2.33. The van der Waals surface area contributed by atoms with Gasteiger partial charge in [0.2, 0.25) is 0 Å². The molecule has 1 aliphatic heterocycles. The summed E-state index contributed by atoms with van der Waals surface area (Å²) in [6.45, 7) is 5.36. The Labute approximate surface area is 168 Å². The van der Waals surface area contributed by atoms with Gasteiger partial charge in [-0.05, 0) is 37.1 Å². The number of benzene rings is 1. The third kappa shape index (κ3) is 3.81. The smallest absolute Gasteiger partial charge is 0.262 e. The number of nitrogens with zero attached hydrogens (tertiary/aromatic N) is 3. The van der Waals surface area contributed by atoms with E-state index >= 15 is 0 Å². The number of rotatable bonds is 5. The molecule has 7 nitrogen and oxygen atoms in total. The Morgan fingerprint density at radius 2 is 2.10 bits per heavy atom. The van der Waals surface area contributed by atoms with Crippen molar-refractivity contribution in [2.24, 2.45) is 0 Å². The standard InChI is InChI=1S/C22H24N4O3/c1-3-10-23-22(28)19-14-25(17-8-4-5-9-18(17)29-19)13-16-12-20(27)26-11-6-7-15(2)21(26)24-16/h4-9,11-12,19H,3,10,13-14H2,1-2H3,(H,23,28)/t19-/m1/s1. The van der Waals surface area contributed by atoms with Gasteiger partial charge in [0.25, 0.3) is 11.5 Å². The van der Waals surface area contributed by atoms with E-state index in [1.54, 1.807) is 16.7 Å². The number of carbonyl (C=O) groups is 1. The second kappa shape index (κ2) is 7.95. The molecule has 4 rings (SSSR count). The lowest BCUT2D eigenvalue weighted by Gasteiger charge is -2.35. The van der Waals surface area contributed by atoms with Crippen molar-refractivity contribution >= 4 is 17.2 Å². The van der Waals surface area contributed by atoms with Crippen LogP contribution < -0.4 is 20.5 Å². The van der Waals surface area contributed by atoms with Crippen molar-refractivity contribution in [3.8, 4) is 5.75 Å². The molecular formula is C22H24N4O3. The third-order valence-corrected chi connectivity index (χ3v) is 5.00. The maximum atomic E-state index is 12.5. The first-order chi connectivity index (χ1) is 14.1. The number of hydrogen-bond acceptors (Lipinski definition) is 5. The number of para-hydroxylation sites is 2. The van der Waals surface area contributed by atoms with E-state index in [0.717, 1.165) is 17.7 Å². The summed E-state index contributed by atoms with van der Waals surface area (Å²) >= 11 is 0. The van der Waals surface area contributed by atoms with Crippen molar-refractivity contribution in [3.05, 3.63) is 70.3 Å². The highest BCUT2D eigenvalue weighted by molar-refractivity contribution is 5.83. The number of aromatic nitrogens is 2. The largest absolute Gasteiger partial charge is 0.477 e. The Morgan fingerprint density at radius 1 is 1.28 bits per heavy atom. The van der Waals surface area contributed by atoms with Gasteiger partial charge in [0, 0.05) is 18.8 Å². The number of amides is 1. The van der Waals surface area contributed by atoms with Gasteiger partial charge in [0.1, 0.15) is 11.4 Å². The maximum absolute atomic E-state index is 12.5. The number of pyridine rings is 1. The van der Waals surface area contributed by atoms with Crippen molar-refractivity contribution < 1.29 is 9.53 Å². The average molecular weight is 392 g/mol. The number of ether oxygens (including phenoxy) is 1. The molecule has 1 aromatic carbocycles. The summed E-state index contributed by atoms with van der Waals surface area (Å²) in [6.07, 6.45) is 1.97. The predicted octanol–water partition coefficient (Wildman–Crippen LogP) is 2.30. The zero-order chi connectivity index (χ0) is 20.4. The molecule has 150 valence electrons. The van der Waals surface area contributed by atoms with Gasteiger partial charge in [-0.25, -0.2) is 4.98 Å². The molecule has 1 amide bonds. The fourth-order valence-electron chi connectivity index (χ4n) is 3.54. The van der Waals surface area contributed by atoms with Gasteiger partial charge in [-0.15, -0.1) is 0 Å². The second-order valence-electron chi connectivity index (χ2n) is 7.22. The van der Waals surface area contributed by atoms with Crippen LogP contribution in [0.25, 0.3) is 5.65 Å². The molecule has 0 fully saturated rings. The minimum Gasteiger partial charge on any atom is -0.477 e. The summed E-state index contributed by atoms with van der Waals surface area (Å²) < 4.78 is 7.48. The third-order valence-electron chi connectivity index (χ3n) is 5.00. The SMILES string of the molecule is CCCNC(=O)[C@H]1CN(Cc2cc(=O)n3cccc(C)c3n2)c2ccccc2O1. The van der Waals surface area contributed by atoms with Gasteiger partial charge in [0.15, 0.2) is 6.10 Å². The van der Waals surface area contributed by atoms with E-state index in [2.05, 4.69) is 5.32 Å². The minimum absolute atomic E-state index is 0.118. The molecule has 3 aromatic rings. The maximum Gasteiger partial charge on any atom is 0.262 e. The van der Waals surface area contributed by atoms with Crippen molar-refractivity contribution in [1.29, 1.82) is 0 Å². The highest BCUT2D eigenvalue weighted by Gasteiger charge is 2.30. The first-order valence-electron chi connectivity index (χ1n) is 9.83. The molecule has 0 radical (unpaired) electrons. The Kier molecular flexibility index (Phi) is 5.20. The Balaban J connectivity index is 1.66. The van der Waals surface area contributed by atoms with E-state index in [1.807, 2.05) is 55.1 Å². The van der Waals surface area contributed by atoms with E-state index in [-0.39, 0.29) is 11.5 Å². The number of carbonyl (C=O) groups excluding carboxylic acids is 1. The van der Waals surface area contributed by atoms with Crippen LogP contribution in [0.2, 0.25) is 0 Å². The minimum atomic E-state index is -0.611. The van der Waals surface area contributed by atoms with Crippen LogP contribution in [0.5, 0.6) is 5.75 Å². The fraction of sp³-hybridized carbons (Fsp3) is 0.318. The predicted molar refractivity (Wildman–Crippen MR) is 111 cm³/mol. The van der Waals surface area contributed by atoms with E-state index < -0.39 is 6.10 Å². The summed E-state index contributed by atoms with van der Waals surface area (Å²) in [6, 6.07) is 12.9. The zero-order valence-electron chi connectivity index (χ0n) is 16.6. The van der Waals surface area contributed by atoms with Gasteiger partial charge in [0.05, 0.1) is 24.5 Å². The number of aryl methyl sites for hydroxylation is 1. The first kappa shape index (κ1) is 19.0. The lowest BCUT2D eigenvalue weighted by molar-refractivity contribution is -0.127. The second-order valence-corrected chi connectivity index (χ2v) is 7.22. The molecule has 0 saturated carbocycles. The number of nitrogens with one attached hydrogen (secondary N) is 1. The van der Waals surface area contributed by atoms with Crippen LogP contribution >= 0.6 is 0 Å². The number of anilines is 1. The Bertz CT molecular complexity index is 1110. The van der Waals surface area contributed by atoms with Crippen LogP contribution in [0.3, 0.4) is 0 Å². The Morgan fingerprint density at radius 3 is 2.93 bits per heavy atom. The summed E-state index contributed by atoms with van der Waals surface area (Å²) in [5.41, 5.74) is 3.01. The van der Waals surface area contributed by atoms with Gasteiger partial charge in [-0.3, -0.25) is 14.0 Å². The molecule has 2 aromatic heterocycles. The van der Waals surface area contributed by atoms with Crippen molar-refractivity contribution in [3.63, 3.8) is 0 Å². The fourth-order valence-corrected chi connectivity index (χ4v) is 3.54. The molecule has 1 N–H and O–H groups in total. The van der Waals surface area contributed by atoms with E-state index in [9.17, 15) is 9.59 Å². The molecule has 0 unspecified atom stereocenters. The summed E-state index contributed by atoms with van der Waals surface area (Å²) in [5.74, 6) is 0.526. The van der Waals surface area contributed by atoms with E-state index in [4.69, 9.17) is 9.72 Å². The molecule has 0 aliphatic carbocycles. The van der Waals surface area contributed by atoms with Crippen LogP contribution in [0.1, 0.15) is 24.6 Å². The van der Waals surface area contributed by atoms with Crippen LogP contribution in [0, 0.1) is 6.92 Å². The van der Waals surface area contributed by atoms with Gasteiger partial charge in [-0.1, -0.05) is 25.1 Å². The molecular weight excluding hydrogens is 368 g/mol. The van der Waals surface area contributed by atoms with Crippen LogP contribution in [0.15, 0.2) is 53.5 Å². The van der Waals surface area contributed by atoms with Gasteiger partial charge < -0.3 is 15.0 Å². The van der Waals surface area contributed by atoms with E-state index in [0.29, 0.717) is 36.7 Å². The lowest BCUT2D eigenvalue weighted by atomic mass is 10.1. The number of hydrogen-bond donors (Lipinski definition) is 1. The Hall–Kier alpha value is -3.35. The van der Waals surface area contributed by atoms with Gasteiger partial charge in [-0.2, -0.15) is 0 Å². The van der Waals surface area contributed by atoms with Crippen molar-refractivity contribution in [1.82, 2.24) is 14.7 Å². The summed E-state index contributed by atoms with van der Waals surface area (Å²) in [7, 11) is 0. The molecule has 7 heteroatoms. The van der Waals surface area contributed by atoms with E-state index in [1.165, 1.54) is 0 Å². The first-order valence-corrected chi connectivity index (χ1v) is 9.83. The molecule has 0 saturated heterocycles. The number of fused-ring (bicyclic) bond motifs is 2. The topological polar surface area (TPSA) is 75.9 Å². The van der Waals surface area contributed by atoms with Crippen molar-refractivity contribution in [2.75, 3.05) is 18.0 Å². The van der Waals surface area contributed by atoms with Crippen molar-refractivity contribution in [2.45, 2.75) is 32.9 Å². The summed E-state index contributed by atoms with van der Waals surface area (Å²) in [4.78, 5) is 31.8. The summed E-state index contributed by atoms with van der Waals surface area (Å²) in [5, 5.41) is 2.90. The quantitative estimate of drug-likeness (QED) is 0.721. The van der Waals surface area contributed by atoms with Crippen LogP contribution in [-0.2, 0) is 11.3 Å². The monoisotopic (exact) mass is 392 g/mol. The molecule has 1 aliphatic rings. The normalized spacial score (nSPS) is 15.7. The molecule has 29 heavy (non-hydrogen) atoms. The molecule has 3 heterocycles. The van der Waals surface area contributed by atoms with Crippen LogP contribution in [-0.4, -0.2) is 34.5 Å². The molecule has 0 bridgehead atoms. The zero-order valence-corrected chi connectivity index (χ0v) is 16.6. The van der Waals surface area contributed by atoms with Crippen LogP contribution in [0.4, 0.5) is 5.69 Å². The molecule has 0 spiro atoms. The highest BCUT2D eigenvalue weighted by atomic mass is 16.5. The molecule has 1 atom stereocenters.